The summed E-state index contributed by atoms with van der Waals surface area (Å²) in [6.07, 6.45) is 0. The Labute approximate surface area is 89.0 Å². The number of carboxylic acids is 1. The van der Waals surface area contributed by atoms with Gasteiger partial charge in [0.25, 0.3) is 0 Å². The van der Waals surface area contributed by atoms with Crippen molar-refractivity contribution in [3.05, 3.63) is 34.4 Å². The van der Waals surface area contributed by atoms with Crippen LogP contribution in [-0.4, -0.2) is 11.1 Å². The van der Waals surface area contributed by atoms with Gasteiger partial charge in [-0.1, -0.05) is 19.9 Å². The van der Waals surface area contributed by atoms with Crippen LogP contribution < -0.4 is 0 Å². The minimum atomic E-state index is -0.987. The summed E-state index contributed by atoms with van der Waals surface area (Å²) in [7, 11) is 0. The first-order valence-electron chi connectivity index (χ1n) is 4.75. The highest BCUT2D eigenvalue weighted by atomic mass is 16.4. The van der Waals surface area contributed by atoms with E-state index in [2.05, 4.69) is 0 Å². The second-order valence-corrected chi connectivity index (χ2v) is 3.83. The fraction of sp³-hybridized carbons (Fsp3) is 0.333. The Morgan fingerprint density at radius 2 is 2.07 bits per heavy atom. The number of carbonyl (C=O) groups is 1. The Balaban J connectivity index is 3.44. The monoisotopic (exact) mass is 203 g/mol. The highest BCUT2D eigenvalue weighted by Gasteiger charge is 2.13. The minimum absolute atomic E-state index is 0.205. The molecule has 0 amide bonds. The highest BCUT2D eigenvalue weighted by molar-refractivity contribution is 5.90. The first-order chi connectivity index (χ1) is 6.97. The van der Waals surface area contributed by atoms with Crippen LogP contribution in [0.3, 0.4) is 0 Å². The maximum atomic E-state index is 10.9. The first kappa shape index (κ1) is 11.3. The maximum Gasteiger partial charge on any atom is 0.335 e. The fourth-order valence-electron chi connectivity index (χ4n) is 1.54. The number of nitriles is 1. The zero-order valence-corrected chi connectivity index (χ0v) is 9.03. The van der Waals surface area contributed by atoms with Crippen LogP contribution in [0.2, 0.25) is 0 Å². The van der Waals surface area contributed by atoms with Crippen molar-refractivity contribution in [3.8, 4) is 6.07 Å². The molecule has 0 atom stereocenters. The predicted octanol–water partition coefficient (Wildman–Crippen LogP) is 2.69. The van der Waals surface area contributed by atoms with E-state index in [1.54, 1.807) is 13.0 Å². The summed E-state index contributed by atoms with van der Waals surface area (Å²) in [4.78, 5) is 10.9. The SMILES string of the molecule is Cc1cc(C(C)C)c(C#N)cc1C(=O)O. The number of benzene rings is 1. The molecule has 78 valence electrons. The molecule has 0 radical (unpaired) electrons. The van der Waals surface area contributed by atoms with Gasteiger partial charge in [-0.2, -0.15) is 5.26 Å². The van der Waals surface area contributed by atoms with Crippen molar-refractivity contribution >= 4 is 5.97 Å². The first-order valence-corrected chi connectivity index (χ1v) is 4.75. The number of nitrogens with zero attached hydrogens (tertiary/aromatic N) is 1. The van der Waals surface area contributed by atoms with E-state index in [-0.39, 0.29) is 11.5 Å². The lowest BCUT2D eigenvalue weighted by molar-refractivity contribution is 0.0696. The molecule has 0 aliphatic heterocycles. The lowest BCUT2D eigenvalue weighted by Gasteiger charge is -2.10. The van der Waals surface area contributed by atoms with E-state index < -0.39 is 5.97 Å². The number of aryl methyl sites for hydroxylation is 1. The summed E-state index contributed by atoms with van der Waals surface area (Å²) in [5, 5.41) is 17.8. The molecule has 0 saturated heterocycles. The fourth-order valence-corrected chi connectivity index (χ4v) is 1.54. The topological polar surface area (TPSA) is 61.1 Å². The quantitative estimate of drug-likeness (QED) is 0.803. The van der Waals surface area contributed by atoms with Gasteiger partial charge in [0.1, 0.15) is 0 Å². The Morgan fingerprint density at radius 3 is 2.47 bits per heavy atom. The largest absolute Gasteiger partial charge is 0.478 e. The highest BCUT2D eigenvalue weighted by Crippen LogP contribution is 2.23. The molecular weight excluding hydrogens is 190 g/mol. The molecule has 1 rings (SSSR count). The molecule has 15 heavy (non-hydrogen) atoms. The zero-order valence-electron chi connectivity index (χ0n) is 9.03. The Morgan fingerprint density at radius 1 is 1.47 bits per heavy atom. The molecule has 0 saturated carbocycles. The van der Waals surface area contributed by atoms with Crippen molar-refractivity contribution in [1.82, 2.24) is 0 Å². The summed E-state index contributed by atoms with van der Waals surface area (Å²) in [6.45, 7) is 5.71. The predicted molar refractivity (Wildman–Crippen MR) is 56.9 cm³/mol. The Hall–Kier alpha value is -1.82. The molecule has 0 aliphatic rings. The van der Waals surface area contributed by atoms with Gasteiger partial charge in [0.2, 0.25) is 0 Å². The van der Waals surface area contributed by atoms with Crippen molar-refractivity contribution in [2.45, 2.75) is 26.7 Å². The van der Waals surface area contributed by atoms with Gasteiger partial charge in [-0.3, -0.25) is 0 Å². The third-order valence-corrected chi connectivity index (χ3v) is 2.37. The average Bonchev–Trinajstić information content (AvgIpc) is 2.16. The normalized spacial score (nSPS) is 10.1. The molecule has 1 aromatic carbocycles. The van der Waals surface area contributed by atoms with Crippen LogP contribution >= 0.6 is 0 Å². The smallest absolute Gasteiger partial charge is 0.335 e. The van der Waals surface area contributed by atoms with Crippen LogP contribution in [-0.2, 0) is 0 Å². The zero-order chi connectivity index (χ0) is 11.6. The minimum Gasteiger partial charge on any atom is -0.478 e. The summed E-state index contributed by atoms with van der Waals surface area (Å²) in [5.41, 5.74) is 2.26. The number of aromatic carboxylic acids is 1. The lowest BCUT2D eigenvalue weighted by atomic mass is 9.93. The molecule has 0 bridgehead atoms. The van der Waals surface area contributed by atoms with Crippen LogP contribution in [0.15, 0.2) is 12.1 Å². The van der Waals surface area contributed by atoms with Crippen LogP contribution in [0.5, 0.6) is 0 Å². The van der Waals surface area contributed by atoms with Gasteiger partial charge in [0, 0.05) is 0 Å². The van der Waals surface area contributed by atoms with Crippen LogP contribution in [0.4, 0.5) is 0 Å². The van der Waals surface area contributed by atoms with Crippen molar-refractivity contribution in [1.29, 1.82) is 5.26 Å². The van der Waals surface area contributed by atoms with Crippen molar-refractivity contribution in [2.24, 2.45) is 0 Å². The third-order valence-electron chi connectivity index (χ3n) is 2.37. The average molecular weight is 203 g/mol. The van der Waals surface area contributed by atoms with E-state index in [1.165, 1.54) is 6.07 Å². The number of hydrogen-bond acceptors (Lipinski definition) is 2. The summed E-state index contributed by atoms with van der Waals surface area (Å²) >= 11 is 0. The standard InChI is InChI=1S/C12H13NO2/c1-7(2)10-4-8(3)11(12(14)15)5-9(10)6-13/h4-5,7H,1-3H3,(H,14,15). The molecule has 3 nitrogen and oxygen atoms in total. The Bertz CT molecular complexity index is 442. The van der Waals surface area contributed by atoms with Crippen molar-refractivity contribution in [3.63, 3.8) is 0 Å². The third kappa shape index (κ3) is 2.16. The summed E-state index contributed by atoms with van der Waals surface area (Å²) < 4.78 is 0. The van der Waals surface area contributed by atoms with Gasteiger partial charge < -0.3 is 5.11 Å². The molecule has 3 heteroatoms. The Kier molecular flexibility index (Phi) is 3.11. The molecule has 1 aromatic rings. The number of carboxylic acid groups (broad SMARTS) is 1. The summed E-state index contributed by atoms with van der Waals surface area (Å²) in [5.74, 6) is -0.763. The van der Waals surface area contributed by atoms with Gasteiger partial charge in [-0.15, -0.1) is 0 Å². The van der Waals surface area contributed by atoms with Crippen LogP contribution in [0.1, 0.15) is 46.8 Å². The van der Waals surface area contributed by atoms with Crippen LogP contribution in [0.25, 0.3) is 0 Å². The van der Waals surface area contributed by atoms with E-state index in [0.717, 1.165) is 5.56 Å². The van der Waals surface area contributed by atoms with Crippen molar-refractivity contribution < 1.29 is 9.90 Å². The molecule has 0 spiro atoms. The molecule has 0 fully saturated rings. The van der Waals surface area contributed by atoms with Crippen molar-refractivity contribution in [2.75, 3.05) is 0 Å². The van der Waals surface area contributed by atoms with Gasteiger partial charge in [0.05, 0.1) is 17.2 Å². The second-order valence-electron chi connectivity index (χ2n) is 3.83. The molecule has 1 N–H and O–H groups in total. The molecule has 0 heterocycles. The lowest BCUT2D eigenvalue weighted by Crippen LogP contribution is -2.03. The van der Waals surface area contributed by atoms with Gasteiger partial charge in [-0.05, 0) is 30.0 Å². The summed E-state index contributed by atoms with van der Waals surface area (Å²) in [6, 6.07) is 5.27. The van der Waals surface area contributed by atoms with E-state index in [9.17, 15) is 4.79 Å². The van der Waals surface area contributed by atoms with E-state index in [4.69, 9.17) is 10.4 Å². The molecule has 0 aromatic heterocycles. The molecular formula is C12H13NO2. The van der Waals surface area contributed by atoms with Gasteiger partial charge >= 0.3 is 5.97 Å². The van der Waals surface area contributed by atoms with Crippen LogP contribution in [0, 0.1) is 18.3 Å². The molecule has 0 unspecified atom stereocenters. The molecule has 0 aliphatic carbocycles. The maximum absolute atomic E-state index is 10.9. The second kappa shape index (κ2) is 4.14. The van der Waals surface area contributed by atoms with Gasteiger partial charge in [-0.25, -0.2) is 4.79 Å². The van der Waals surface area contributed by atoms with Gasteiger partial charge in [0.15, 0.2) is 0 Å². The van der Waals surface area contributed by atoms with E-state index in [0.29, 0.717) is 11.1 Å². The number of hydrogen-bond donors (Lipinski definition) is 1. The number of rotatable bonds is 2. The van der Waals surface area contributed by atoms with E-state index >= 15 is 0 Å². The van der Waals surface area contributed by atoms with E-state index in [1.807, 2.05) is 19.9 Å².